The van der Waals surface area contributed by atoms with Crippen LogP contribution in [0.3, 0.4) is 0 Å². The number of rotatable bonds is 4. The Bertz CT molecular complexity index is 476. The lowest BCUT2D eigenvalue weighted by molar-refractivity contribution is -0.385. The van der Waals surface area contributed by atoms with Gasteiger partial charge in [0, 0.05) is 12.1 Å². The van der Waals surface area contributed by atoms with E-state index >= 15 is 0 Å². The maximum atomic E-state index is 13.8. The number of piperidine rings is 1. The summed E-state index contributed by atoms with van der Waals surface area (Å²) in [5.74, 6) is -0.575. The van der Waals surface area contributed by atoms with Crippen LogP contribution >= 0.6 is 0 Å². The minimum Gasteiger partial charge on any atom is -0.490 e. The van der Waals surface area contributed by atoms with Crippen LogP contribution < -0.4 is 15.4 Å². The number of benzene rings is 1. The predicted octanol–water partition coefficient (Wildman–Crippen LogP) is 1.91. The second-order valence-electron chi connectivity index (χ2n) is 4.43. The van der Waals surface area contributed by atoms with Crippen molar-refractivity contribution in [1.82, 2.24) is 5.32 Å². The fraction of sp³-hybridized carbons (Fsp3) is 0.500. The summed E-state index contributed by atoms with van der Waals surface area (Å²) in [6.45, 7) is 1.76. The lowest BCUT2D eigenvalue weighted by Crippen LogP contribution is -2.35. The summed E-state index contributed by atoms with van der Waals surface area (Å²) in [5, 5.41) is 17.1. The molecule has 0 spiro atoms. The van der Waals surface area contributed by atoms with Gasteiger partial charge in [-0.2, -0.15) is 0 Å². The number of hydrogen-bond acceptors (Lipinski definition) is 5. The number of nitrogens with zero attached hydrogens (tertiary/aromatic N) is 1. The molecule has 1 aromatic carbocycles. The largest absolute Gasteiger partial charge is 0.490 e. The molecule has 0 bridgehead atoms. The van der Waals surface area contributed by atoms with E-state index in [1.807, 2.05) is 0 Å². The molecule has 1 heterocycles. The zero-order valence-electron chi connectivity index (χ0n) is 10.6. The molecule has 0 radical (unpaired) electrons. The van der Waals surface area contributed by atoms with E-state index < -0.39 is 10.7 Å². The van der Waals surface area contributed by atoms with Gasteiger partial charge in [0.1, 0.15) is 0 Å². The van der Waals surface area contributed by atoms with Gasteiger partial charge in [0.2, 0.25) is 0 Å². The van der Waals surface area contributed by atoms with Crippen molar-refractivity contribution >= 4 is 11.4 Å². The van der Waals surface area contributed by atoms with E-state index in [1.165, 1.54) is 13.2 Å². The number of methoxy groups -OCH3 is 1. The molecular formula is C12H16FN3O3. The lowest BCUT2D eigenvalue weighted by atomic mass is 10.1. The Morgan fingerprint density at radius 3 is 2.74 bits per heavy atom. The van der Waals surface area contributed by atoms with E-state index in [0.717, 1.165) is 32.0 Å². The molecule has 1 saturated heterocycles. The van der Waals surface area contributed by atoms with Gasteiger partial charge in [0.05, 0.1) is 23.8 Å². The monoisotopic (exact) mass is 269 g/mol. The number of nitro benzene ring substituents is 1. The second kappa shape index (κ2) is 5.83. The summed E-state index contributed by atoms with van der Waals surface area (Å²) in [6, 6.07) is 2.40. The molecule has 19 heavy (non-hydrogen) atoms. The molecule has 1 aromatic rings. The minimum absolute atomic E-state index is 0.0582. The third-order valence-electron chi connectivity index (χ3n) is 3.16. The van der Waals surface area contributed by atoms with Crippen LogP contribution in [0.25, 0.3) is 0 Å². The van der Waals surface area contributed by atoms with Crippen molar-refractivity contribution in [3.8, 4) is 5.75 Å². The number of hydrogen-bond donors (Lipinski definition) is 2. The first-order valence-electron chi connectivity index (χ1n) is 6.11. The molecule has 0 aromatic heterocycles. The van der Waals surface area contributed by atoms with E-state index in [4.69, 9.17) is 4.74 Å². The molecule has 2 N–H and O–H groups in total. The van der Waals surface area contributed by atoms with Crippen molar-refractivity contribution in [3.63, 3.8) is 0 Å². The molecule has 7 heteroatoms. The van der Waals surface area contributed by atoms with Crippen LogP contribution in [0.5, 0.6) is 5.75 Å². The first-order valence-corrected chi connectivity index (χ1v) is 6.11. The van der Waals surface area contributed by atoms with Crippen molar-refractivity contribution in [3.05, 3.63) is 28.1 Å². The van der Waals surface area contributed by atoms with Crippen LogP contribution in [-0.4, -0.2) is 31.2 Å². The normalized spacial score (nSPS) is 16.1. The summed E-state index contributed by atoms with van der Waals surface area (Å²) in [7, 11) is 1.33. The van der Waals surface area contributed by atoms with Crippen LogP contribution in [0.2, 0.25) is 0 Å². The SMILES string of the molecule is COc1cc(NC2CCNCC2)c(F)cc1[N+](=O)[O-]. The van der Waals surface area contributed by atoms with Crippen molar-refractivity contribution in [2.75, 3.05) is 25.5 Å². The molecule has 0 atom stereocenters. The maximum Gasteiger partial charge on any atom is 0.313 e. The molecule has 0 amide bonds. The Morgan fingerprint density at radius 1 is 1.47 bits per heavy atom. The minimum atomic E-state index is -0.657. The Hall–Kier alpha value is -1.89. The van der Waals surface area contributed by atoms with Crippen LogP contribution in [0.1, 0.15) is 12.8 Å². The highest BCUT2D eigenvalue weighted by Gasteiger charge is 2.21. The van der Waals surface area contributed by atoms with Gasteiger partial charge in [-0.15, -0.1) is 0 Å². The van der Waals surface area contributed by atoms with Crippen molar-refractivity contribution in [2.45, 2.75) is 18.9 Å². The molecule has 2 rings (SSSR count). The number of nitro groups is 1. The molecule has 6 nitrogen and oxygen atoms in total. The smallest absolute Gasteiger partial charge is 0.313 e. The van der Waals surface area contributed by atoms with E-state index in [-0.39, 0.29) is 23.2 Å². The molecular weight excluding hydrogens is 253 g/mol. The first-order chi connectivity index (χ1) is 9.11. The average Bonchev–Trinajstić information content (AvgIpc) is 2.41. The standard InChI is InChI=1S/C12H16FN3O3/c1-19-12-7-10(9(13)6-11(12)16(17)18)15-8-2-4-14-5-3-8/h6-8,14-15H,2-5H2,1H3. The summed E-state index contributed by atoms with van der Waals surface area (Å²) < 4.78 is 18.8. The van der Waals surface area contributed by atoms with E-state index in [2.05, 4.69) is 10.6 Å². The number of nitrogens with one attached hydrogen (secondary N) is 2. The third kappa shape index (κ3) is 3.11. The molecule has 0 saturated carbocycles. The first kappa shape index (κ1) is 13.5. The van der Waals surface area contributed by atoms with Gasteiger partial charge in [-0.25, -0.2) is 4.39 Å². The van der Waals surface area contributed by atoms with Crippen LogP contribution in [0.15, 0.2) is 12.1 Å². The lowest BCUT2D eigenvalue weighted by Gasteiger charge is -2.25. The van der Waals surface area contributed by atoms with Crippen LogP contribution in [0.4, 0.5) is 15.8 Å². The van der Waals surface area contributed by atoms with Gasteiger partial charge >= 0.3 is 5.69 Å². The second-order valence-corrected chi connectivity index (χ2v) is 4.43. The molecule has 1 aliphatic heterocycles. The summed E-state index contributed by atoms with van der Waals surface area (Å²) in [5.41, 5.74) is -0.120. The molecule has 104 valence electrons. The maximum absolute atomic E-state index is 13.8. The zero-order chi connectivity index (χ0) is 13.8. The van der Waals surface area contributed by atoms with E-state index in [1.54, 1.807) is 0 Å². The van der Waals surface area contributed by atoms with Gasteiger partial charge < -0.3 is 15.4 Å². The quantitative estimate of drug-likeness (QED) is 0.645. The Labute approximate surface area is 110 Å². The highest BCUT2D eigenvalue weighted by atomic mass is 19.1. The van der Waals surface area contributed by atoms with Gasteiger partial charge in [-0.3, -0.25) is 10.1 Å². The van der Waals surface area contributed by atoms with Crippen molar-refractivity contribution in [1.29, 1.82) is 0 Å². The Kier molecular flexibility index (Phi) is 4.16. The highest BCUT2D eigenvalue weighted by Crippen LogP contribution is 2.32. The van der Waals surface area contributed by atoms with E-state index in [0.29, 0.717) is 0 Å². The summed E-state index contributed by atoms with van der Waals surface area (Å²) in [4.78, 5) is 10.1. The summed E-state index contributed by atoms with van der Waals surface area (Å²) in [6.07, 6.45) is 1.78. The third-order valence-corrected chi connectivity index (χ3v) is 3.16. The highest BCUT2D eigenvalue weighted by molar-refractivity contribution is 5.59. The molecule has 0 aliphatic carbocycles. The topological polar surface area (TPSA) is 76.4 Å². The van der Waals surface area contributed by atoms with Crippen molar-refractivity contribution < 1.29 is 14.1 Å². The van der Waals surface area contributed by atoms with Crippen molar-refractivity contribution in [2.24, 2.45) is 0 Å². The molecule has 1 aliphatic rings. The van der Waals surface area contributed by atoms with Gasteiger partial charge in [-0.1, -0.05) is 0 Å². The molecule has 1 fully saturated rings. The predicted molar refractivity (Wildman–Crippen MR) is 69.1 cm³/mol. The Balaban J connectivity index is 2.22. The number of halogens is 1. The number of ether oxygens (including phenoxy) is 1. The van der Waals surface area contributed by atoms with Gasteiger partial charge in [0.25, 0.3) is 0 Å². The van der Waals surface area contributed by atoms with Gasteiger partial charge in [-0.05, 0) is 25.9 Å². The summed E-state index contributed by atoms with van der Waals surface area (Å²) >= 11 is 0. The molecule has 0 unspecified atom stereocenters. The van der Waals surface area contributed by atoms with Crippen LogP contribution in [0, 0.1) is 15.9 Å². The van der Waals surface area contributed by atoms with Crippen LogP contribution in [-0.2, 0) is 0 Å². The van der Waals surface area contributed by atoms with E-state index in [9.17, 15) is 14.5 Å². The average molecular weight is 269 g/mol. The fourth-order valence-electron chi connectivity index (χ4n) is 2.15. The fourth-order valence-corrected chi connectivity index (χ4v) is 2.15. The number of anilines is 1. The van der Waals surface area contributed by atoms with Gasteiger partial charge in [0.15, 0.2) is 11.6 Å². The zero-order valence-corrected chi connectivity index (χ0v) is 10.6. The Morgan fingerprint density at radius 2 is 2.16 bits per heavy atom.